The van der Waals surface area contributed by atoms with Crippen LogP contribution in [0.15, 0.2) is 66.9 Å². The van der Waals surface area contributed by atoms with Crippen LogP contribution in [0, 0.1) is 12.8 Å². The molecule has 0 spiro atoms. The SMILES string of the molecule is CCCc1cccc(CC(C)C)c1-c1c[n+](C)c2c3c(C)cccc3c3ccccc3n12. The molecule has 2 nitrogen and oxygen atoms in total. The van der Waals surface area contributed by atoms with Gasteiger partial charge in [0.15, 0.2) is 5.69 Å². The second-order valence-electron chi connectivity index (χ2n) is 9.60. The highest BCUT2D eigenvalue weighted by Crippen LogP contribution is 2.36. The topological polar surface area (TPSA) is 8.29 Å². The Labute approximate surface area is 191 Å². The second kappa shape index (κ2) is 8.09. The Bertz CT molecular complexity index is 1450. The van der Waals surface area contributed by atoms with E-state index in [0.717, 1.165) is 19.3 Å². The molecular formula is C30H33N2+. The predicted molar refractivity (Wildman–Crippen MR) is 136 cm³/mol. The van der Waals surface area contributed by atoms with Crippen LogP contribution in [-0.4, -0.2) is 4.40 Å². The van der Waals surface area contributed by atoms with Gasteiger partial charge in [0, 0.05) is 16.3 Å². The van der Waals surface area contributed by atoms with Crippen molar-refractivity contribution in [1.29, 1.82) is 0 Å². The average Bonchev–Trinajstić information content (AvgIpc) is 3.11. The highest BCUT2D eigenvalue weighted by molar-refractivity contribution is 6.12. The van der Waals surface area contributed by atoms with Crippen LogP contribution in [0.3, 0.4) is 0 Å². The minimum absolute atomic E-state index is 0.616. The van der Waals surface area contributed by atoms with Gasteiger partial charge in [-0.2, -0.15) is 4.40 Å². The highest BCUT2D eigenvalue weighted by Gasteiger charge is 2.26. The number of aromatic nitrogens is 2. The van der Waals surface area contributed by atoms with E-state index in [1.54, 1.807) is 0 Å². The van der Waals surface area contributed by atoms with Crippen molar-refractivity contribution in [3.63, 3.8) is 0 Å². The molecule has 0 aliphatic carbocycles. The third-order valence-corrected chi connectivity index (χ3v) is 6.67. The van der Waals surface area contributed by atoms with Crippen molar-refractivity contribution in [3.8, 4) is 11.3 Å². The van der Waals surface area contributed by atoms with Crippen LogP contribution < -0.4 is 4.57 Å². The fraction of sp³-hybridized carbons (Fsp3) is 0.300. The summed E-state index contributed by atoms with van der Waals surface area (Å²) in [6.07, 6.45) is 5.69. The third kappa shape index (κ3) is 3.21. The number of fused-ring (bicyclic) bond motifs is 6. The van der Waals surface area contributed by atoms with Crippen LogP contribution in [-0.2, 0) is 19.9 Å². The number of aryl methyl sites for hydroxylation is 3. The Morgan fingerprint density at radius 3 is 2.38 bits per heavy atom. The average molecular weight is 422 g/mol. The lowest BCUT2D eigenvalue weighted by molar-refractivity contribution is -0.643. The first-order valence-corrected chi connectivity index (χ1v) is 11.9. The lowest BCUT2D eigenvalue weighted by atomic mass is 9.91. The van der Waals surface area contributed by atoms with Gasteiger partial charge in [0.05, 0.1) is 12.4 Å². The Morgan fingerprint density at radius 1 is 0.875 bits per heavy atom. The summed E-state index contributed by atoms with van der Waals surface area (Å²) in [7, 11) is 2.20. The van der Waals surface area contributed by atoms with Gasteiger partial charge in [0.1, 0.15) is 11.7 Å². The third-order valence-electron chi connectivity index (χ3n) is 6.67. The van der Waals surface area contributed by atoms with Crippen LogP contribution in [0.4, 0.5) is 0 Å². The summed E-state index contributed by atoms with van der Waals surface area (Å²) in [6, 6.07) is 22.5. The van der Waals surface area contributed by atoms with Crippen molar-refractivity contribution >= 4 is 27.3 Å². The molecule has 0 aliphatic rings. The summed E-state index contributed by atoms with van der Waals surface area (Å²) < 4.78 is 4.85. The fourth-order valence-electron chi connectivity index (χ4n) is 5.44. The number of rotatable bonds is 5. The Kier molecular flexibility index (Phi) is 5.25. The maximum absolute atomic E-state index is 2.52. The Balaban J connectivity index is 2.00. The molecule has 5 aromatic rings. The minimum Gasteiger partial charge on any atom is -0.232 e. The van der Waals surface area contributed by atoms with E-state index >= 15 is 0 Å². The van der Waals surface area contributed by atoms with Crippen molar-refractivity contribution < 1.29 is 4.57 Å². The summed E-state index contributed by atoms with van der Waals surface area (Å²) in [5, 5.41) is 3.99. The van der Waals surface area contributed by atoms with E-state index in [1.807, 2.05) is 0 Å². The number of benzene rings is 3. The van der Waals surface area contributed by atoms with E-state index in [2.05, 4.69) is 111 Å². The summed E-state index contributed by atoms with van der Waals surface area (Å²) in [4.78, 5) is 0. The van der Waals surface area contributed by atoms with Crippen LogP contribution in [0.25, 0.3) is 38.6 Å². The smallest absolute Gasteiger partial charge is 0.232 e. The van der Waals surface area contributed by atoms with Crippen molar-refractivity contribution in [1.82, 2.24) is 4.40 Å². The molecule has 2 aromatic heterocycles. The van der Waals surface area contributed by atoms with Gasteiger partial charge in [0.25, 0.3) is 5.65 Å². The van der Waals surface area contributed by atoms with Crippen molar-refractivity contribution in [2.45, 2.75) is 47.0 Å². The molecule has 0 bridgehead atoms. The van der Waals surface area contributed by atoms with Crippen molar-refractivity contribution in [3.05, 3.63) is 83.6 Å². The molecule has 3 aromatic carbocycles. The zero-order chi connectivity index (χ0) is 22.4. The van der Waals surface area contributed by atoms with E-state index in [1.165, 1.54) is 55.3 Å². The highest BCUT2D eigenvalue weighted by atomic mass is 15.1. The quantitative estimate of drug-likeness (QED) is 0.209. The van der Waals surface area contributed by atoms with Crippen LogP contribution in [0.1, 0.15) is 43.9 Å². The van der Waals surface area contributed by atoms with Crippen molar-refractivity contribution in [2.24, 2.45) is 13.0 Å². The summed E-state index contributed by atoms with van der Waals surface area (Å²) >= 11 is 0. The van der Waals surface area contributed by atoms with Crippen LogP contribution in [0.2, 0.25) is 0 Å². The van der Waals surface area contributed by atoms with E-state index in [9.17, 15) is 0 Å². The molecule has 162 valence electrons. The van der Waals surface area contributed by atoms with Crippen LogP contribution >= 0.6 is 0 Å². The predicted octanol–water partition coefficient (Wildman–Crippen LogP) is 7.20. The normalized spacial score (nSPS) is 11.9. The maximum atomic E-state index is 2.52. The Morgan fingerprint density at radius 2 is 1.59 bits per heavy atom. The molecule has 0 atom stereocenters. The largest absolute Gasteiger partial charge is 0.295 e. The fourth-order valence-corrected chi connectivity index (χ4v) is 5.44. The number of para-hydroxylation sites is 1. The van der Waals surface area contributed by atoms with Gasteiger partial charge in [-0.15, -0.1) is 0 Å². The molecule has 32 heavy (non-hydrogen) atoms. The molecule has 0 aliphatic heterocycles. The Hall–Kier alpha value is -3.13. The van der Waals surface area contributed by atoms with Gasteiger partial charge in [-0.3, -0.25) is 0 Å². The van der Waals surface area contributed by atoms with Gasteiger partial charge in [-0.25, -0.2) is 4.57 Å². The molecule has 0 radical (unpaired) electrons. The molecule has 0 N–H and O–H groups in total. The van der Waals surface area contributed by atoms with Gasteiger partial charge in [-0.05, 0) is 48.4 Å². The van der Waals surface area contributed by atoms with E-state index in [-0.39, 0.29) is 0 Å². The number of imidazole rings is 1. The number of nitrogens with zero attached hydrogens (tertiary/aromatic N) is 2. The van der Waals surface area contributed by atoms with Gasteiger partial charge in [-0.1, -0.05) is 81.8 Å². The zero-order valence-corrected chi connectivity index (χ0v) is 19.9. The van der Waals surface area contributed by atoms with E-state index < -0.39 is 0 Å². The number of pyridine rings is 1. The molecule has 0 unspecified atom stereocenters. The monoisotopic (exact) mass is 421 g/mol. The summed E-state index contributed by atoms with van der Waals surface area (Å²) in [5.74, 6) is 0.616. The molecule has 0 fully saturated rings. The molecule has 5 rings (SSSR count). The first-order chi connectivity index (χ1) is 15.5. The lowest BCUT2D eigenvalue weighted by Crippen LogP contribution is -2.26. The molecule has 0 amide bonds. The molecule has 0 saturated heterocycles. The zero-order valence-electron chi connectivity index (χ0n) is 19.9. The molecule has 2 heterocycles. The first kappa shape index (κ1) is 20.8. The van der Waals surface area contributed by atoms with Crippen LogP contribution in [0.5, 0.6) is 0 Å². The molecule has 0 saturated carbocycles. The van der Waals surface area contributed by atoms with Gasteiger partial charge < -0.3 is 0 Å². The minimum atomic E-state index is 0.616. The van der Waals surface area contributed by atoms with E-state index in [0.29, 0.717) is 5.92 Å². The lowest BCUT2D eigenvalue weighted by Gasteiger charge is -2.15. The molecule has 2 heteroatoms. The van der Waals surface area contributed by atoms with Gasteiger partial charge in [0.2, 0.25) is 0 Å². The summed E-state index contributed by atoms with van der Waals surface area (Å²) in [5.41, 5.74) is 9.52. The maximum Gasteiger partial charge on any atom is 0.295 e. The second-order valence-corrected chi connectivity index (χ2v) is 9.60. The van der Waals surface area contributed by atoms with E-state index in [4.69, 9.17) is 0 Å². The summed E-state index contributed by atoms with van der Waals surface area (Å²) in [6.45, 7) is 9.15. The van der Waals surface area contributed by atoms with Crippen molar-refractivity contribution in [2.75, 3.05) is 0 Å². The number of hydrogen-bond donors (Lipinski definition) is 0. The first-order valence-electron chi connectivity index (χ1n) is 11.9. The number of hydrogen-bond acceptors (Lipinski definition) is 0. The molecular weight excluding hydrogens is 388 g/mol. The standard InChI is InChI=1S/C30H33N2/c1-6-11-22-13-10-14-23(18-20(2)3)29(22)27-19-31(5)30-28-21(4)12-9-16-25(28)24-15-7-8-17-26(24)32(27)30/h7-10,12-17,19-20H,6,11,18H2,1-5H3/q+1. The van der Waals surface area contributed by atoms with Gasteiger partial charge >= 0.3 is 0 Å².